The van der Waals surface area contributed by atoms with Crippen LogP contribution in [0.5, 0.6) is 0 Å². The fourth-order valence-electron chi connectivity index (χ4n) is 1.96. The van der Waals surface area contributed by atoms with E-state index < -0.39 is 24.4 Å². The van der Waals surface area contributed by atoms with Crippen molar-refractivity contribution < 1.29 is 24.2 Å². The van der Waals surface area contributed by atoms with Gasteiger partial charge in [0.15, 0.2) is 0 Å². The molecule has 0 fully saturated rings. The van der Waals surface area contributed by atoms with Gasteiger partial charge in [0, 0.05) is 12.4 Å². The molecule has 0 saturated carbocycles. The fraction of sp³-hybridized carbons (Fsp3) is 0.231. The predicted molar refractivity (Wildman–Crippen MR) is 68.3 cm³/mol. The first-order chi connectivity index (χ1) is 9.00. The molecule has 6 heteroatoms. The maximum atomic E-state index is 11.2. The number of aliphatic carboxylic acids is 2. The summed E-state index contributed by atoms with van der Waals surface area (Å²) < 4.78 is 5.32. The molecule has 2 rings (SSSR count). The molecule has 100 valence electrons. The number of para-hydroxylation sites is 1. The monoisotopic (exact) mass is 263 g/mol. The molecule has 1 atom stereocenters. The van der Waals surface area contributed by atoms with Crippen LogP contribution in [0.4, 0.5) is 5.69 Å². The highest BCUT2D eigenvalue weighted by Crippen LogP contribution is 2.29. The van der Waals surface area contributed by atoms with Gasteiger partial charge in [-0.15, -0.1) is 0 Å². The molecule has 0 bridgehead atoms. The van der Waals surface area contributed by atoms with Crippen LogP contribution in [0.15, 0.2) is 34.9 Å². The fourth-order valence-corrected chi connectivity index (χ4v) is 1.96. The molecule has 1 unspecified atom stereocenters. The minimum atomic E-state index is -1.19. The first kappa shape index (κ1) is 12.9. The predicted octanol–water partition coefficient (Wildman–Crippen LogP) is 1.80. The molecule has 1 aromatic heterocycles. The van der Waals surface area contributed by atoms with E-state index >= 15 is 0 Å². The second-order valence-electron chi connectivity index (χ2n) is 4.18. The minimum Gasteiger partial charge on any atom is -0.481 e. The third-order valence-corrected chi connectivity index (χ3v) is 2.96. The van der Waals surface area contributed by atoms with E-state index in [1.807, 2.05) is 12.1 Å². The zero-order chi connectivity index (χ0) is 14.0. The molecule has 2 N–H and O–H groups in total. The van der Waals surface area contributed by atoms with Crippen molar-refractivity contribution in [3.63, 3.8) is 0 Å². The maximum absolute atomic E-state index is 11.2. The van der Waals surface area contributed by atoms with Crippen molar-refractivity contribution in [1.29, 1.82) is 0 Å². The Morgan fingerprint density at radius 3 is 2.63 bits per heavy atom. The van der Waals surface area contributed by atoms with Crippen molar-refractivity contribution in [2.24, 2.45) is 0 Å². The Morgan fingerprint density at radius 2 is 2.00 bits per heavy atom. The van der Waals surface area contributed by atoms with Gasteiger partial charge >= 0.3 is 11.9 Å². The van der Waals surface area contributed by atoms with Crippen molar-refractivity contribution in [3.05, 3.63) is 30.5 Å². The molecular formula is C13H13NO5. The minimum absolute atomic E-state index is 0.481. The van der Waals surface area contributed by atoms with E-state index in [4.69, 9.17) is 14.6 Å². The van der Waals surface area contributed by atoms with Gasteiger partial charge in [0.05, 0.1) is 12.1 Å². The number of likely N-dealkylation sites (N-methyl/N-ethyl adjacent to an activating group) is 1. The Bertz CT molecular complexity index is 618. The van der Waals surface area contributed by atoms with E-state index in [1.54, 1.807) is 19.2 Å². The van der Waals surface area contributed by atoms with Crippen LogP contribution < -0.4 is 4.90 Å². The lowest BCUT2D eigenvalue weighted by molar-refractivity contribution is -0.145. The van der Waals surface area contributed by atoms with Crippen LogP contribution in [0.1, 0.15) is 6.42 Å². The number of hydrogen-bond acceptors (Lipinski definition) is 4. The quantitative estimate of drug-likeness (QED) is 0.854. The normalized spacial score (nSPS) is 12.3. The molecular weight excluding hydrogens is 250 g/mol. The first-order valence-electron chi connectivity index (χ1n) is 5.64. The van der Waals surface area contributed by atoms with Crippen LogP contribution in [0.2, 0.25) is 0 Å². The van der Waals surface area contributed by atoms with Crippen LogP contribution >= 0.6 is 0 Å². The Balaban J connectivity index is 2.38. The number of furan rings is 1. The number of carboxylic acids is 2. The Kier molecular flexibility index (Phi) is 3.41. The van der Waals surface area contributed by atoms with E-state index in [1.165, 1.54) is 11.2 Å². The van der Waals surface area contributed by atoms with Gasteiger partial charge in [0.1, 0.15) is 17.9 Å². The Hall–Kier alpha value is -2.50. The molecule has 19 heavy (non-hydrogen) atoms. The Morgan fingerprint density at radius 1 is 1.32 bits per heavy atom. The highest BCUT2D eigenvalue weighted by Gasteiger charge is 2.27. The molecule has 6 nitrogen and oxygen atoms in total. The lowest BCUT2D eigenvalue weighted by Gasteiger charge is -2.24. The van der Waals surface area contributed by atoms with Crippen molar-refractivity contribution in [2.75, 3.05) is 11.9 Å². The maximum Gasteiger partial charge on any atom is 0.326 e. The van der Waals surface area contributed by atoms with Gasteiger partial charge in [-0.2, -0.15) is 0 Å². The summed E-state index contributed by atoms with van der Waals surface area (Å²) in [6.07, 6.45) is 0.952. The molecule has 0 aliphatic heterocycles. The number of fused-ring (bicyclic) bond motifs is 1. The second kappa shape index (κ2) is 5.01. The first-order valence-corrected chi connectivity index (χ1v) is 5.64. The smallest absolute Gasteiger partial charge is 0.326 e. The standard InChI is InChI=1S/C13H13NO5/c1-14(9(13(17)18)6-12(15)16)10-7-19-11-5-3-2-4-8(10)11/h2-5,7,9H,6H2,1H3,(H,15,16)(H,17,18). The molecule has 0 spiro atoms. The van der Waals surface area contributed by atoms with Crippen LogP contribution in [-0.4, -0.2) is 35.2 Å². The van der Waals surface area contributed by atoms with Crippen molar-refractivity contribution >= 4 is 28.6 Å². The van der Waals surface area contributed by atoms with Gasteiger partial charge in [-0.3, -0.25) is 4.79 Å². The molecule has 2 aromatic rings. The van der Waals surface area contributed by atoms with E-state index in [2.05, 4.69) is 0 Å². The van der Waals surface area contributed by atoms with Gasteiger partial charge in [-0.1, -0.05) is 12.1 Å². The van der Waals surface area contributed by atoms with E-state index in [0.717, 1.165) is 5.39 Å². The lowest BCUT2D eigenvalue weighted by Crippen LogP contribution is -2.40. The third-order valence-electron chi connectivity index (χ3n) is 2.96. The van der Waals surface area contributed by atoms with E-state index in [-0.39, 0.29) is 0 Å². The summed E-state index contributed by atoms with van der Waals surface area (Å²) in [6.45, 7) is 0. The van der Waals surface area contributed by atoms with Gasteiger partial charge in [-0.05, 0) is 12.1 Å². The number of nitrogens with zero attached hydrogens (tertiary/aromatic N) is 1. The molecule has 0 aliphatic carbocycles. The zero-order valence-electron chi connectivity index (χ0n) is 10.2. The Labute approximate surface area is 108 Å². The molecule has 0 radical (unpaired) electrons. The summed E-state index contributed by atoms with van der Waals surface area (Å²) in [5, 5.41) is 18.7. The average molecular weight is 263 g/mol. The molecule has 0 aliphatic rings. The van der Waals surface area contributed by atoms with E-state index in [9.17, 15) is 9.59 Å². The average Bonchev–Trinajstić information content (AvgIpc) is 2.78. The van der Waals surface area contributed by atoms with Crippen LogP contribution in [0.25, 0.3) is 11.0 Å². The molecule has 1 aromatic carbocycles. The van der Waals surface area contributed by atoms with Gasteiger partial charge in [0.25, 0.3) is 0 Å². The molecule has 1 heterocycles. The van der Waals surface area contributed by atoms with Crippen LogP contribution in [0, 0.1) is 0 Å². The largest absolute Gasteiger partial charge is 0.481 e. The highest BCUT2D eigenvalue weighted by atomic mass is 16.4. The molecule has 0 amide bonds. The second-order valence-corrected chi connectivity index (χ2v) is 4.18. The van der Waals surface area contributed by atoms with Crippen molar-refractivity contribution in [3.8, 4) is 0 Å². The number of anilines is 1. The topological polar surface area (TPSA) is 91.0 Å². The van der Waals surface area contributed by atoms with E-state index in [0.29, 0.717) is 11.3 Å². The summed E-state index contributed by atoms with van der Waals surface area (Å²) in [5.74, 6) is -2.35. The SMILES string of the molecule is CN(c1coc2ccccc12)C(CC(=O)O)C(=O)O. The van der Waals surface area contributed by atoms with Crippen molar-refractivity contribution in [2.45, 2.75) is 12.5 Å². The van der Waals surface area contributed by atoms with Gasteiger partial charge in [-0.25, -0.2) is 4.79 Å². The van der Waals surface area contributed by atoms with Gasteiger partial charge in [0.2, 0.25) is 0 Å². The van der Waals surface area contributed by atoms with Gasteiger partial charge < -0.3 is 19.5 Å². The summed E-state index contributed by atoms with van der Waals surface area (Å²) >= 11 is 0. The third kappa shape index (κ3) is 2.52. The van der Waals surface area contributed by atoms with Crippen molar-refractivity contribution in [1.82, 2.24) is 0 Å². The summed E-state index contributed by atoms with van der Waals surface area (Å²) in [7, 11) is 1.54. The molecule has 0 saturated heterocycles. The number of hydrogen-bond donors (Lipinski definition) is 2. The lowest BCUT2D eigenvalue weighted by atomic mass is 10.1. The summed E-state index contributed by atoms with van der Waals surface area (Å²) in [6, 6.07) is 6.03. The number of rotatable bonds is 5. The van der Waals surface area contributed by atoms with Crippen LogP contribution in [-0.2, 0) is 9.59 Å². The zero-order valence-corrected chi connectivity index (χ0v) is 10.2. The number of benzene rings is 1. The highest BCUT2D eigenvalue weighted by molar-refractivity contribution is 5.93. The summed E-state index contributed by atoms with van der Waals surface area (Å²) in [5.41, 5.74) is 1.19. The number of carboxylic acid groups (broad SMARTS) is 2. The summed E-state index contributed by atoms with van der Waals surface area (Å²) in [4.78, 5) is 23.3. The number of carbonyl (C=O) groups is 2. The van der Waals surface area contributed by atoms with Crippen LogP contribution in [0.3, 0.4) is 0 Å².